The van der Waals surface area contributed by atoms with Gasteiger partial charge in [-0.2, -0.15) is 0 Å². The first-order valence-electron chi connectivity index (χ1n) is 9.47. The Hall–Kier alpha value is -3.73. The molecular weight excluding hydrogens is 364 g/mol. The van der Waals surface area contributed by atoms with Crippen molar-refractivity contribution in [2.45, 2.75) is 12.8 Å². The standard InChI is InChI=1S/C24H22N2O3/c27-24(25-16-8-12-19-9-3-1-4-10-19)23(21-13-5-2-6-14-21)18-20-11-7-15-22(17-20)26(28)29/h1-7,9-11,13-15,17-18H,8,12,16H2,(H,25,27)/b23-18+. The number of nitro benzene ring substituents is 1. The van der Waals surface area contributed by atoms with E-state index >= 15 is 0 Å². The van der Waals surface area contributed by atoms with Gasteiger partial charge in [0.25, 0.3) is 11.6 Å². The molecule has 29 heavy (non-hydrogen) atoms. The van der Waals surface area contributed by atoms with E-state index in [2.05, 4.69) is 17.4 Å². The van der Waals surface area contributed by atoms with Gasteiger partial charge in [0.05, 0.1) is 4.92 Å². The maximum Gasteiger partial charge on any atom is 0.270 e. The Bertz CT molecular complexity index is 999. The third kappa shape index (κ3) is 5.87. The zero-order chi connectivity index (χ0) is 20.5. The zero-order valence-electron chi connectivity index (χ0n) is 16.0. The van der Waals surface area contributed by atoms with Gasteiger partial charge in [0.1, 0.15) is 0 Å². The number of rotatable bonds is 8. The molecule has 0 fully saturated rings. The average molecular weight is 386 g/mol. The first-order chi connectivity index (χ1) is 14.1. The molecule has 1 N–H and O–H groups in total. The summed E-state index contributed by atoms with van der Waals surface area (Å²) in [5.41, 5.74) is 3.08. The normalized spacial score (nSPS) is 11.1. The summed E-state index contributed by atoms with van der Waals surface area (Å²) in [6.45, 7) is 0.548. The van der Waals surface area contributed by atoms with Crippen molar-refractivity contribution in [3.05, 3.63) is 112 Å². The smallest absolute Gasteiger partial charge is 0.270 e. The van der Waals surface area contributed by atoms with Crippen LogP contribution < -0.4 is 5.32 Å². The van der Waals surface area contributed by atoms with E-state index in [4.69, 9.17) is 0 Å². The minimum absolute atomic E-state index is 0.00516. The van der Waals surface area contributed by atoms with Gasteiger partial charge in [-0.05, 0) is 35.6 Å². The molecule has 0 bridgehead atoms. The maximum absolute atomic E-state index is 12.9. The van der Waals surface area contributed by atoms with Gasteiger partial charge >= 0.3 is 0 Å². The predicted octanol–water partition coefficient (Wildman–Crippen LogP) is 4.88. The van der Waals surface area contributed by atoms with E-state index in [1.807, 2.05) is 48.5 Å². The van der Waals surface area contributed by atoms with Crippen molar-refractivity contribution >= 4 is 23.2 Å². The van der Waals surface area contributed by atoms with Crippen LogP contribution in [0.25, 0.3) is 11.6 Å². The summed E-state index contributed by atoms with van der Waals surface area (Å²) in [7, 11) is 0. The molecule has 146 valence electrons. The topological polar surface area (TPSA) is 72.2 Å². The number of carbonyl (C=O) groups is 1. The van der Waals surface area contributed by atoms with Crippen LogP contribution in [0, 0.1) is 10.1 Å². The Morgan fingerprint density at radius 3 is 2.31 bits per heavy atom. The molecule has 0 heterocycles. The number of hydrogen-bond acceptors (Lipinski definition) is 3. The second-order valence-electron chi connectivity index (χ2n) is 6.62. The first-order valence-corrected chi connectivity index (χ1v) is 9.47. The number of nitrogens with one attached hydrogen (secondary N) is 1. The highest BCUT2D eigenvalue weighted by Gasteiger charge is 2.13. The number of aryl methyl sites for hydroxylation is 1. The van der Waals surface area contributed by atoms with Crippen molar-refractivity contribution in [1.29, 1.82) is 0 Å². The highest BCUT2D eigenvalue weighted by atomic mass is 16.6. The Labute approximate surface area is 169 Å². The maximum atomic E-state index is 12.9. The van der Waals surface area contributed by atoms with Gasteiger partial charge in [-0.25, -0.2) is 0 Å². The first kappa shape index (κ1) is 20.0. The van der Waals surface area contributed by atoms with Crippen LogP contribution in [0.5, 0.6) is 0 Å². The second-order valence-corrected chi connectivity index (χ2v) is 6.62. The quantitative estimate of drug-likeness (QED) is 0.197. The number of benzene rings is 3. The molecule has 1 amide bonds. The molecule has 0 aliphatic heterocycles. The van der Waals surface area contributed by atoms with Crippen molar-refractivity contribution in [2.24, 2.45) is 0 Å². The zero-order valence-corrected chi connectivity index (χ0v) is 16.0. The van der Waals surface area contributed by atoms with Gasteiger partial charge in [0, 0.05) is 24.3 Å². The highest BCUT2D eigenvalue weighted by molar-refractivity contribution is 6.24. The third-order valence-corrected chi connectivity index (χ3v) is 4.49. The summed E-state index contributed by atoms with van der Waals surface area (Å²) in [6, 6.07) is 25.7. The fourth-order valence-electron chi connectivity index (χ4n) is 3.03. The van der Waals surface area contributed by atoms with Crippen LogP contribution in [-0.4, -0.2) is 17.4 Å². The van der Waals surface area contributed by atoms with E-state index in [0.29, 0.717) is 17.7 Å². The minimum Gasteiger partial charge on any atom is -0.352 e. The monoisotopic (exact) mass is 386 g/mol. The van der Waals surface area contributed by atoms with Gasteiger partial charge in [-0.3, -0.25) is 14.9 Å². The molecule has 0 aromatic heterocycles. The van der Waals surface area contributed by atoms with Crippen LogP contribution >= 0.6 is 0 Å². The Kier molecular flexibility index (Phi) is 6.90. The van der Waals surface area contributed by atoms with Gasteiger partial charge in [-0.15, -0.1) is 0 Å². The number of nitro groups is 1. The lowest BCUT2D eigenvalue weighted by molar-refractivity contribution is -0.384. The van der Waals surface area contributed by atoms with Gasteiger partial charge < -0.3 is 5.32 Å². The lowest BCUT2D eigenvalue weighted by atomic mass is 10.0. The number of amides is 1. The SMILES string of the molecule is O=C(NCCCc1ccccc1)/C(=C/c1cccc([N+](=O)[O-])c1)c1ccccc1. The molecule has 3 aromatic rings. The van der Waals surface area contributed by atoms with E-state index in [1.54, 1.807) is 18.2 Å². The van der Waals surface area contributed by atoms with E-state index < -0.39 is 4.92 Å². The molecule has 0 radical (unpaired) electrons. The Morgan fingerprint density at radius 1 is 0.931 bits per heavy atom. The van der Waals surface area contributed by atoms with Crippen LogP contribution in [0.3, 0.4) is 0 Å². The van der Waals surface area contributed by atoms with E-state index in [1.165, 1.54) is 17.7 Å². The van der Waals surface area contributed by atoms with Crippen LogP contribution in [-0.2, 0) is 11.2 Å². The highest BCUT2D eigenvalue weighted by Crippen LogP contribution is 2.21. The lowest BCUT2D eigenvalue weighted by Gasteiger charge is -2.10. The molecule has 0 unspecified atom stereocenters. The number of non-ortho nitro benzene ring substituents is 1. The summed E-state index contributed by atoms with van der Waals surface area (Å²) in [5.74, 6) is -0.198. The summed E-state index contributed by atoms with van der Waals surface area (Å²) in [4.78, 5) is 23.5. The van der Waals surface area contributed by atoms with Gasteiger partial charge in [0.2, 0.25) is 0 Å². The molecule has 5 heteroatoms. The Balaban J connectivity index is 1.74. The average Bonchev–Trinajstić information content (AvgIpc) is 2.76. The van der Waals surface area contributed by atoms with Gasteiger partial charge in [0.15, 0.2) is 0 Å². The van der Waals surface area contributed by atoms with Crippen molar-refractivity contribution in [3.8, 4) is 0 Å². The molecule has 0 saturated carbocycles. The van der Waals surface area contributed by atoms with Crippen molar-refractivity contribution in [2.75, 3.05) is 6.54 Å². The Morgan fingerprint density at radius 2 is 1.62 bits per heavy atom. The number of hydrogen-bond donors (Lipinski definition) is 1. The summed E-state index contributed by atoms with van der Waals surface area (Å²) in [6.07, 6.45) is 3.40. The van der Waals surface area contributed by atoms with Gasteiger partial charge in [-0.1, -0.05) is 72.8 Å². The summed E-state index contributed by atoms with van der Waals surface area (Å²) >= 11 is 0. The van der Waals surface area contributed by atoms with Crippen molar-refractivity contribution in [3.63, 3.8) is 0 Å². The molecule has 0 spiro atoms. The fourth-order valence-corrected chi connectivity index (χ4v) is 3.03. The number of nitrogens with zero attached hydrogens (tertiary/aromatic N) is 1. The molecule has 5 nitrogen and oxygen atoms in total. The lowest BCUT2D eigenvalue weighted by Crippen LogP contribution is -2.25. The van der Waals surface area contributed by atoms with Crippen LogP contribution in [0.4, 0.5) is 5.69 Å². The molecule has 0 aliphatic carbocycles. The fraction of sp³-hybridized carbons (Fsp3) is 0.125. The molecule has 0 saturated heterocycles. The summed E-state index contributed by atoms with van der Waals surface area (Å²) < 4.78 is 0. The van der Waals surface area contributed by atoms with E-state index in [9.17, 15) is 14.9 Å². The van der Waals surface area contributed by atoms with Crippen molar-refractivity contribution < 1.29 is 9.72 Å². The second kappa shape index (κ2) is 9.99. The molecular formula is C24H22N2O3. The predicted molar refractivity (Wildman–Crippen MR) is 115 cm³/mol. The number of carbonyl (C=O) groups excluding carboxylic acids is 1. The minimum atomic E-state index is -0.441. The third-order valence-electron chi connectivity index (χ3n) is 4.49. The van der Waals surface area contributed by atoms with Crippen LogP contribution in [0.2, 0.25) is 0 Å². The van der Waals surface area contributed by atoms with E-state index in [-0.39, 0.29) is 11.6 Å². The largest absolute Gasteiger partial charge is 0.352 e. The van der Waals surface area contributed by atoms with Crippen LogP contribution in [0.15, 0.2) is 84.9 Å². The molecule has 0 aliphatic rings. The molecule has 3 rings (SSSR count). The van der Waals surface area contributed by atoms with Crippen LogP contribution in [0.1, 0.15) is 23.1 Å². The molecule has 0 atom stereocenters. The van der Waals surface area contributed by atoms with E-state index in [0.717, 1.165) is 18.4 Å². The summed E-state index contributed by atoms with van der Waals surface area (Å²) in [5, 5.41) is 14.0. The van der Waals surface area contributed by atoms with Crippen molar-refractivity contribution in [1.82, 2.24) is 5.32 Å². The molecule has 3 aromatic carbocycles.